The maximum atomic E-state index is 13.9. The van der Waals surface area contributed by atoms with Crippen molar-refractivity contribution in [2.75, 3.05) is 0 Å². The molecular weight excluding hydrogens is 318 g/mol. The zero-order valence-corrected chi connectivity index (χ0v) is 11.8. The molecule has 106 valence electrons. The first-order valence-electron chi connectivity index (χ1n) is 5.84. The summed E-state index contributed by atoms with van der Waals surface area (Å²) >= 11 is 12.0. The van der Waals surface area contributed by atoms with E-state index in [0.29, 0.717) is 11.0 Å². The fourth-order valence-corrected chi connectivity index (χ4v) is 2.55. The highest BCUT2D eigenvalue weighted by molar-refractivity contribution is 6.35. The maximum Gasteiger partial charge on any atom is 0.335 e. The average molecular weight is 325 g/mol. The van der Waals surface area contributed by atoms with Crippen molar-refractivity contribution in [1.29, 1.82) is 0 Å². The van der Waals surface area contributed by atoms with Crippen LogP contribution in [-0.4, -0.2) is 21.0 Å². The van der Waals surface area contributed by atoms with Crippen molar-refractivity contribution in [3.8, 4) is 11.4 Å². The summed E-state index contributed by atoms with van der Waals surface area (Å²) in [7, 11) is 0. The fraction of sp³-hybridized carbons (Fsp3) is 0. The Kier molecular flexibility index (Phi) is 3.31. The zero-order chi connectivity index (χ0) is 15.1. The van der Waals surface area contributed by atoms with Gasteiger partial charge in [0.05, 0.1) is 32.2 Å². The highest BCUT2D eigenvalue weighted by atomic mass is 35.5. The molecule has 1 heterocycles. The molecule has 0 aliphatic carbocycles. The van der Waals surface area contributed by atoms with Gasteiger partial charge in [-0.3, -0.25) is 0 Å². The second-order valence-corrected chi connectivity index (χ2v) is 5.15. The zero-order valence-electron chi connectivity index (χ0n) is 10.3. The molecule has 0 saturated carbocycles. The normalized spacial score (nSPS) is 11.0. The molecule has 0 aliphatic heterocycles. The number of carboxylic acid groups (broad SMARTS) is 1. The number of fused-ring (bicyclic) bond motifs is 1. The molecule has 0 aliphatic rings. The Morgan fingerprint density at radius 3 is 2.67 bits per heavy atom. The van der Waals surface area contributed by atoms with Crippen molar-refractivity contribution in [3.63, 3.8) is 0 Å². The Bertz CT molecular complexity index is 857. The molecule has 0 fully saturated rings. The molecule has 0 spiro atoms. The fourth-order valence-electron chi connectivity index (χ4n) is 2.04. The molecule has 2 aromatic carbocycles. The van der Waals surface area contributed by atoms with E-state index >= 15 is 0 Å². The van der Waals surface area contributed by atoms with Gasteiger partial charge >= 0.3 is 5.97 Å². The molecular formula is C14H7Cl2FN2O2. The van der Waals surface area contributed by atoms with Crippen LogP contribution in [-0.2, 0) is 0 Å². The van der Waals surface area contributed by atoms with Crippen LogP contribution in [0.1, 0.15) is 10.4 Å². The maximum absolute atomic E-state index is 13.9. The summed E-state index contributed by atoms with van der Waals surface area (Å²) in [4.78, 5) is 18.1. The molecule has 1 aromatic heterocycles. The number of imidazole rings is 1. The summed E-state index contributed by atoms with van der Waals surface area (Å²) < 4.78 is 13.9. The summed E-state index contributed by atoms with van der Waals surface area (Å²) in [5, 5.41) is 9.39. The Balaban J connectivity index is 2.27. The van der Waals surface area contributed by atoms with Crippen LogP contribution in [0, 0.1) is 5.82 Å². The topological polar surface area (TPSA) is 66.0 Å². The average Bonchev–Trinajstić information content (AvgIpc) is 2.82. The standard InChI is InChI=1S/C14H7Cl2FN2O2/c15-7-2-1-3-9(17)11(7)13-18-10-5-6(14(20)21)4-8(16)12(10)19-13/h1-5H,(H,18,19)(H,20,21). The van der Waals surface area contributed by atoms with Gasteiger partial charge in [-0.1, -0.05) is 29.3 Å². The van der Waals surface area contributed by atoms with Crippen LogP contribution in [0.3, 0.4) is 0 Å². The van der Waals surface area contributed by atoms with Crippen LogP contribution < -0.4 is 0 Å². The number of carbonyl (C=O) groups is 1. The van der Waals surface area contributed by atoms with E-state index in [1.54, 1.807) is 0 Å². The number of H-pyrrole nitrogens is 1. The van der Waals surface area contributed by atoms with E-state index in [2.05, 4.69) is 9.97 Å². The smallest absolute Gasteiger partial charge is 0.335 e. The largest absolute Gasteiger partial charge is 0.478 e. The van der Waals surface area contributed by atoms with Crippen LogP contribution in [0.15, 0.2) is 30.3 Å². The van der Waals surface area contributed by atoms with E-state index in [4.69, 9.17) is 28.3 Å². The Labute approximate surface area is 128 Å². The molecule has 21 heavy (non-hydrogen) atoms. The summed E-state index contributed by atoms with van der Waals surface area (Å²) in [6.07, 6.45) is 0. The van der Waals surface area contributed by atoms with Crippen LogP contribution in [0.25, 0.3) is 22.4 Å². The second kappa shape index (κ2) is 5.02. The van der Waals surface area contributed by atoms with Crippen molar-refractivity contribution >= 4 is 40.2 Å². The van der Waals surface area contributed by atoms with E-state index in [1.165, 1.54) is 30.3 Å². The van der Waals surface area contributed by atoms with E-state index in [0.717, 1.165) is 0 Å². The van der Waals surface area contributed by atoms with Gasteiger partial charge in [-0.15, -0.1) is 0 Å². The number of carboxylic acids is 1. The molecule has 0 bridgehead atoms. The molecule has 4 nitrogen and oxygen atoms in total. The van der Waals surface area contributed by atoms with E-state index < -0.39 is 11.8 Å². The van der Waals surface area contributed by atoms with Gasteiger partial charge in [0.2, 0.25) is 0 Å². The van der Waals surface area contributed by atoms with E-state index in [1.807, 2.05) is 0 Å². The number of nitrogens with one attached hydrogen (secondary N) is 1. The molecule has 0 radical (unpaired) electrons. The minimum Gasteiger partial charge on any atom is -0.478 e. The molecule has 0 saturated heterocycles. The van der Waals surface area contributed by atoms with Crippen molar-refractivity contribution in [3.05, 3.63) is 51.8 Å². The first kappa shape index (κ1) is 13.9. The predicted molar refractivity (Wildman–Crippen MR) is 78.5 cm³/mol. The molecule has 2 N–H and O–H groups in total. The SMILES string of the molecule is O=C(O)c1cc(Cl)c2[nH]c(-c3c(F)cccc3Cl)nc2c1. The number of nitrogens with zero attached hydrogens (tertiary/aromatic N) is 1. The second-order valence-electron chi connectivity index (χ2n) is 4.34. The van der Waals surface area contributed by atoms with Gasteiger partial charge < -0.3 is 10.1 Å². The Morgan fingerprint density at radius 1 is 1.24 bits per heavy atom. The van der Waals surface area contributed by atoms with Crippen LogP contribution in [0.4, 0.5) is 4.39 Å². The molecule has 0 unspecified atom stereocenters. The van der Waals surface area contributed by atoms with Gasteiger partial charge in [-0.25, -0.2) is 14.2 Å². The third-order valence-corrected chi connectivity index (χ3v) is 3.60. The van der Waals surface area contributed by atoms with Crippen LogP contribution in [0.5, 0.6) is 0 Å². The monoisotopic (exact) mass is 324 g/mol. The first-order chi connectivity index (χ1) is 9.97. The molecule has 3 rings (SSSR count). The summed E-state index contributed by atoms with van der Waals surface area (Å²) in [5.74, 6) is -1.46. The number of hydrogen-bond acceptors (Lipinski definition) is 2. The molecule has 3 aromatic rings. The molecule has 7 heteroatoms. The Morgan fingerprint density at radius 2 is 2.00 bits per heavy atom. The van der Waals surface area contributed by atoms with Crippen molar-refractivity contribution < 1.29 is 14.3 Å². The summed E-state index contributed by atoms with van der Waals surface area (Å²) in [5.41, 5.74) is 0.874. The van der Waals surface area contributed by atoms with Crippen LogP contribution in [0.2, 0.25) is 10.0 Å². The first-order valence-corrected chi connectivity index (χ1v) is 6.60. The number of rotatable bonds is 2. The summed E-state index contributed by atoms with van der Waals surface area (Å²) in [6.45, 7) is 0. The van der Waals surface area contributed by atoms with Gasteiger partial charge in [-0.05, 0) is 24.3 Å². The lowest BCUT2D eigenvalue weighted by Crippen LogP contribution is -1.95. The number of benzene rings is 2. The number of aromatic carboxylic acids is 1. The van der Waals surface area contributed by atoms with Gasteiger partial charge in [0.15, 0.2) is 0 Å². The van der Waals surface area contributed by atoms with Gasteiger partial charge in [0.1, 0.15) is 11.6 Å². The van der Waals surface area contributed by atoms with E-state index in [-0.39, 0.29) is 27.0 Å². The number of aromatic nitrogens is 2. The Hall–Kier alpha value is -2.11. The van der Waals surface area contributed by atoms with Crippen LogP contribution >= 0.6 is 23.2 Å². The van der Waals surface area contributed by atoms with E-state index in [9.17, 15) is 9.18 Å². The lowest BCUT2D eigenvalue weighted by molar-refractivity contribution is 0.0697. The summed E-state index contributed by atoms with van der Waals surface area (Å²) in [6, 6.07) is 6.95. The lowest BCUT2D eigenvalue weighted by Gasteiger charge is -2.01. The third kappa shape index (κ3) is 2.34. The number of halogens is 3. The predicted octanol–water partition coefficient (Wildman–Crippen LogP) is 4.37. The van der Waals surface area contributed by atoms with Crippen molar-refractivity contribution in [2.45, 2.75) is 0 Å². The van der Waals surface area contributed by atoms with Crippen molar-refractivity contribution in [1.82, 2.24) is 9.97 Å². The highest BCUT2D eigenvalue weighted by Gasteiger charge is 2.16. The minimum absolute atomic E-state index is 0.00480. The molecule has 0 amide bonds. The minimum atomic E-state index is -1.12. The number of aromatic amines is 1. The third-order valence-electron chi connectivity index (χ3n) is 2.99. The number of hydrogen-bond donors (Lipinski definition) is 2. The van der Waals surface area contributed by atoms with Gasteiger partial charge in [0, 0.05) is 0 Å². The van der Waals surface area contributed by atoms with Crippen molar-refractivity contribution in [2.24, 2.45) is 0 Å². The quantitative estimate of drug-likeness (QED) is 0.735. The van der Waals surface area contributed by atoms with Gasteiger partial charge in [0.25, 0.3) is 0 Å². The highest BCUT2D eigenvalue weighted by Crippen LogP contribution is 2.32. The van der Waals surface area contributed by atoms with Gasteiger partial charge in [-0.2, -0.15) is 0 Å². The molecule has 0 atom stereocenters. The lowest BCUT2D eigenvalue weighted by atomic mass is 10.2.